The molecule has 0 aliphatic carbocycles. The number of rotatable bonds is 6. The van der Waals surface area contributed by atoms with Crippen molar-refractivity contribution in [1.82, 2.24) is 9.55 Å². The number of carbonyl (C=O) groups excluding carboxylic acids is 1. The normalized spacial score (nSPS) is 16.3. The highest BCUT2D eigenvalue weighted by atomic mass is 19.4. The summed E-state index contributed by atoms with van der Waals surface area (Å²) in [7, 11) is 0. The SMILES string of the molecule is Cc1cccc(OCCn2c([C@@H]3CC(=O)N(c4cccc(C(F)(F)F)c4)C3)nc3ccccc32)c1. The number of carbonyl (C=O) groups is 1. The standard InChI is InChI=1S/C27H24F3N3O2/c1-18-6-4-9-22(14-18)35-13-12-32-24-11-3-2-10-23(24)31-26(32)19-15-25(34)33(17-19)21-8-5-7-20(16-21)27(28,29)30/h2-11,14,16,19H,12-13,15,17H2,1H3/t19-/m1/s1. The molecule has 1 aromatic heterocycles. The van der Waals surface area contributed by atoms with E-state index in [0.29, 0.717) is 13.2 Å². The molecule has 3 aromatic carbocycles. The number of nitrogens with zero attached hydrogens (tertiary/aromatic N) is 3. The maximum atomic E-state index is 13.2. The minimum absolute atomic E-state index is 0.179. The van der Waals surface area contributed by atoms with E-state index in [9.17, 15) is 18.0 Å². The fourth-order valence-corrected chi connectivity index (χ4v) is 4.58. The molecule has 2 heterocycles. The molecule has 8 heteroatoms. The molecule has 1 aliphatic heterocycles. The average molecular weight is 480 g/mol. The Morgan fingerprint density at radius 3 is 2.63 bits per heavy atom. The molecule has 0 N–H and O–H groups in total. The lowest BCUT2D eigenvalue weighted by Crippen LogP contribution is -2.25. The van der Waals surface area contributed by atoms with Crippen LogP contribution >= 0.6 is 0 Å². The molecule has 0 radical (unpaired) electrons. The van der Waals surface area contributed by atoms with Crippen molar-refractivity contribution in [2.24, 2.45) is 0 Å². The summed E-state index contributed by atoms with van der Waals surface area (Å²) < 4.78 is 47.6. The highest BCUT2D eigenvalue weighted by molar-refractivity contribution is 5.96. The summed E-state index contributed by atoms with van der Waals surface area (Å²) in [5.41, 5.74) is 2.32. The molecule has 0 bridgehead atoms. The molecule has 1 saturated heterocycles. The summed E-state index contributed by atoms with van der Waals surface area (Å²) in [6, 6.07) is 20.4. The summed E-state index contributed by atoms with van der Waals surface area (Å²) in [5.74, 6) is 1.05. The van der Waals surface area contributed by atoms with Gasteiger partial charge in [0.25, 0.3) is 0 Å². The predicted octanol–water partition coefficient (Wildman–Crippen LogP) is 5.96. The van der Waals surface area contributed by atoms with Crippen LogP contribution in [0.25, 0.3) is 11.0 Å². The largest absolute Gasteiger partial charge is 0.492 e. The summed E-state index contributed by atoms with van der Waals surface area (Å²) in [6.07, 6.45) is -4.29. The van der Waals surface area contributed by atoms with Crippen LogP contribution in [0.2, 0.25) is 0 Å². The van der Waals surface area contributed by atoms with Crippen LogP contribution in [0.3, 0.4) is 0 Å². The van der Waals surface area contributed by atoms with Gasteiger partial charge in [0.1, 0.15) is 18.2 Å². The van der Waals surface area contributed by atoms with Gasteiger partial charge in [0.15, 0.2) is 0 Å². The van der Waals surface area contributed by atoms with Gasteiger partial charge in [-0.05, 0) is 55.0 Å². The molecule has 0 saturated carbocycles. The maximum Gasteiger partial charge on any atom is 0.416 e. The highest BCUT2D eigenvalue weighted by Gasteiger charge is 2.36. The van der Waals surface area contributed by atoms with Crippen molar-refractivity contribution in [2.75, 3.05) is 18.1 Å². The van der Waals surface area contributed by atoms with Gasteiger partial charge in [-0.25, -0.2) is 4.98 Å². The number of anilines is 1. The third-order valence-corrected chi connectivity index (χ3v) is 6.23. The van der Waals surface area contributed by atoms with Crippen molar-refractivity contribution >= 4 is 22.6 Å². The number of hydrogen-bond acceptors (Lipinski definition) is 3. The number of aromatic nitrogens is 2. The summed E-state index contributed by atoms with van der Waals surface area (Å²) >= 11 is 0. The number of benzene rings is 3. The Balaban J connectivity index is 1.40. The Kier molecular flexibility index (Phi) is 5.96. The van der Waals surface area contributed by atoms with Crippen LogP contribution in [0, 0.1) is 6.92 Å². The Hall–Kier alpha value is -3.81. The van der Waals surface area contributed by atoms with Crippen molar-refractivity contribution in [3.05, 3.63) is 89.7 Å². The fourth-order valence-electron chi connectivity index (χ4n) is 4.58. The van der Waals surface area contributed by atoms with Gasteiger partial charge in [-0.1, -0.05) is 30.3 Å². The van der Waals surface area contributed by atoms with Gasteiger partial charge in [-0.2, -0.15) is 13.2 Å². The van der Waals surface area contributed by atoms with E-state index in [1.54, 1.807) is 0 Å². The summed E-state index contributed by atoms with van der Waals surface area (Å²) in [6.45, 7) is 3.21. The molecular weight excluding hydrogens is 455 g/mol. The molecule has 4 aromatic rings. The van der Waals surface area contributed by atoms with E-state index in [-0.39, 0.29) is 30.5 Å². The highest BCUT2D eigenvalue weighted by Crippen LogP contribution is 2.36. The van der Waals surface area contributed by atoms with Gasteiger partial charge in [-0.3, -0.25) is 4.79 Å². The van der Waals surface area contributed by atoms with Gasteiger partial charge < -0.3 is 14.2 Å². The second kappa shape index (κ2) is 9.09. The lowest BCUT2D eigenvalue weighted by Gasteiger charge is -2.19. The molecule has 1 amide bonds. The first-order valence-electron chi connectivity index (χ1n) is 11.4. The second-order valence-corrected chi connectivity index (χ2v) is 8.73. The van der Waals surface area contributed by atoms with Gasteiger partial charge in [0.2, 0.25) is 5.91 Å². The summed E-state index contributed by atoms with van der Waals surface area (Å²) in [5, 5.41) is 0. The van der Waals surface area contributed by atoms with E-state index in [4.69, 9.17) is 9.72 Å². The fraction of sp³-hybridized carbons (Fsp3) is 0.259. The predicted molar refractivity (Wildman–Crippen MR) is 128 cm³/mol. The van der Waals surface area contributed by atoms with Crippen molar-refractivity contribution in [3.63, 3.8) is 0 Å². The van der Waals surface area contributed by atoms with Gasteiger partial charge in [0, 0.05) is 24.6 Å². The topological polar surface area (TPSA) is 47.4 Å². The minimum Gasteiger partial charge on any atom is -0.492 e. The van der Waals surface area contributed by atoms with Gasteiger partial charge >= 0.3 is 6.18 Å². The number of amides is 1. The van der Waals surface area contributed by atoms with Crippen molar-refractivity contribution in [1.29, 1.82) is 0 Å². The van der Waals surface area contributed by atoms with Crippen LogP contribution in [0.5, 0.6) is 5.75 Å². The monoisotopic (exact) mass is 479 g/mol. The van der Waals surface area contributed by atoms with Crippen LogP contribution in [-0.4, -0.2) is 28.6 Å². The molecule has 180 valence electrons. The number of imidazole rings is 1. The van der Waals surface area contributed by atoms with E-state index < -0.39 is 11.7 Å². The zero-order chi connectivity index (χ0) is 24.6. The van der Waals surface area contributed by atoms with E-state index in [2.05, 4.69) is 4.57 Å². The Morgan fingerprint density at radius 1 is 1.03 bits per heavy atom. The van der Waals surface area contributed by atoms with E-state index in [0.717, 1.165) is 40.3 Å². The van der Waals surface area contributed by atoms with Crippen LogP contribution in [0.1, 0.15) is 29.3 Å². The molecule has 5 nitrogen and oxygen atoms in total. The molecule has 1 atom stereocenters. The molecule has 35 heavy (non-hydrogen) atoms. The molecule has 0 spiro atoms. The lowest BCUT2D eigenvalue weighted by atomic mass is 10.1. The molecule has 1 aliphatic rings. The maximum absolute atomic E-state index is 13.2. The Labute approximate surface area is 200 Å². The minimum atomic E-state index is -4.47. The molecule has 1 fully saturated rings. The zero-order valence-corrected chi connectivity index (χ0v) is 19.1. The van der Waals surface area contributed by atoms with Gasteiger partial charge in [0.05, 0.1) is 23.1 Å². The molecular formula is C27H24F3N3O2. The van der Waals surface area contributed by atoms with E-state index >= 15 is 0 Å². The molecule has 5 rings (SSSR count). The number of aryl methyl sites for hydroxylation is 1. The first-order chi connectivity index (χ1) is 16.8. The van der Waals surface area contributed by atoms with Crippen LogP contribution < -0.4 is 9.64 Å². The third-order valence-electron chi connectivity index (χ3n) is 6.23. The smallest absolute Gasteiger partial charge is 0.416 e. The zero-order valence-electron chi connectivity index (χ0n) is 19.1. The Bertz CT molecular complexity index is 1380. The second-order valence-electron chi connectivity index (χ2n) is 8.73. The number of alkyl halides is 3. The average Bonchev–Trinajstić information content (AvgIpc) is 3.39. The number of ether oxygens (including phenoxy) is 1. The van der Waals surface area contributed by atoms with Crippen LogP contribution in [0.15, 0.2) is 72.8 Å². The molecule has 0 unspecified atom stereocenters. The van der Waals surface area contributed by atoms with Crippen LogP contribution in [-0.2, 0) is 17.5 Å². The summed E-state index contributed by atoms with van der Waals surface area (Å²) in [4.78, 5) is 19.1. The number of para-hydroxylation sites is 2. The van der Waals surface area contributed by atoms with E-state index in [1.165, 1.54) is 17.0 Å². The number of hydrogen-bond donors (Lipinski definition) is 0. The Morgan fingerprint density at radius 2 is 1.83 bits per heavy atom. The lowest BCUT2D eigenvalue weighted by molar-refractivity contribution is -0.137. The van der Waals surface area contributed by atoms with Crippen molar-refractivity contribution in [2.45, 2.75) is 32.0 Å². The third kappa shape index (κ3) is 4.73. The van der Waals surface area contributed by atoms with Gasteiger partial charge in [-0.15, -0.1) is 0 Å². The van der Waals surface area contributed by atoms with Crippen molar-refractivity contribution in [3.8, 4) is 5.75 Å². The van der Waals surface area contributed by atoms with E-state index in [1.807, 2.05) is 55.5 Å². The quantitative estimate of drug-likeness (QED) is 0.343. The number of fused-ring (bicyclic) bond motifs is 1. The first-order valence-corrected chi connectivity index (χ1v) is 11.4. The van der Waals surface area contributed by atoms with Crippen LogP contribution in [0.4, 0.5) is 18.9 Å². The van der Waals surface area contributed by atoms with Crippen molar-refractivity contribution < 1.29 is 22.7 Å². The number of halogens is 3. The first kappa shape index (κ1) is 23.0.